The maximum Gasteiger partial charge on any atom is 0.130 e. The highest BCUT2D eigenvalue weighted by atomic mass is 35.5. The van der Waals surface area contributed by atoms with Crippen LogP contribution in [0.5, 0.6) is 5.75 Å². The Bertz CT molecular complexity index is 505. The van der Waals surface area contributed by atoms with Gasteiger partial charge in [-0.05, 0) is 37.6 Å². The van der Waals surface area contributed by atoms with Crippen molar-refractivity contribution in [2.45, 2.75) is 32.9 Å². The minimum atomic E-state index is 0.530. The van der Waals surface area contributed by atoms with Gasteiger partial charge in [0.2, 0.25) is 0 Å². The fraction of sp³-hybridized carbons (Fsp3) is 0.357. The molecule has 0 aliphatic rings. The van der Waals surface area contributed by atoms with Gasteiger partial charge in [0.1, 0.15) is 12.4 Å². The highest BCUT2D eigenvalue weighted by Crippen LogP contribution is 2.15. The molecular formula is C14H17ClN2O. The van der Waals surface area contributed by atoms with Crippen LogP contribution in [0.15, 0.2) is 30.3 Å². The molecule has 2 rings (SSSR count). The Morgan fingerprint density at radius 3 is 2.61 bits per heavy atom. The molecule has 0 unspecified atom stereocenters. The van der Waals surface area contributed by atoms with Crippen LogP contribution in [0.3, 0.4) is 0 Å². The Morgan fingerprint density at radius 2 is 2.00 bits per heavy atom. The maximum absolute atomic E-state index is 5.74. The molecule has 0 N–H and O–H groups in total. The van der Waals surface area contributed by atoms with Crippen molar-refractivity contribution in [3.05, 3.63) is 47.3 Å². The van der Waals surface area contributed by atoms with E-state index in [2.05, 4.69) is 18.1 Å². The van der Waals surface area contributed by atoms with Crippen LogP contribution in [0.1, 0.15) is 23.9 Å². The molecule has 0 fully saturated rings. The minimum Gasteiger partial charge on any atom is -0.487 e. The Labute approximate surface area is 112 Å². The second-order valence-electron chi connectivity index (χ2n) is 4.16. The first-order chi connectivity index (χ1) is 8.72. The van der Waals surface area contributed by atoms with Gasteiger partial charge in [0.25, 0.3) is 0 Å². The van der Waals surface area contributed by atoms with Gasteiger partial charge in [-0.3, -0.25) is 4.68 Å². The van der Waals surface area contributed by atoms with Gasteiger partial charge in [0.15, 0.2) is 0 Å². The number of benzene rings is 1. The molecule has 18 heavy (non-hydrogen) atoms. The summed E-state index contributed by atoms with van der Waals surface area (Å²) in [5.41, 5.74) is 3.21. The molecule has 4 heteroatoms. The predicted octanol–water partition coefficient (Wildman–Crippen LogP) is 3.53. The summed E-state index contributed by atoms with van der Waals surface area (Å²) in [5, 5.41) is 4.39. The molecular weight excluding hydrogens is 248 g/mol. The van der Waals surface area contributed by atoms with Gasteiger partial charge >= 0.3 is 0 Å². The largest absolute Gasteiger partial charge is 0.487 e. The molecule has 1 aromatic carbocycles. The lowest BCUT2D eigenvalue weighted by Crippen LogP contribution is -2.06. The topological polar surface area (TPSA) is 27.1 Å². The summed E-state index contributed by atoms with van der Waals surface area (Å²) in [6.07, 6.45) is 0. The summed E-state index contributed by atoms with van der Waals surface area (Å²) < 4.78 is 7.70. The SMILES string of the molecule is CCn1nc(C)cc1COc1ccc(CCl)cc1. The molecule has 0 saturated carbocycles. The van der Waals surface area contributed by atoms with E-state index in [0.29, 0.717) is 12.5 Å². The van der Waals surface area contributed by atoms with E-state index in [1.54, 1.807) is 0 Å². The van der Waals surface area contributed by atoms with Gasteiger partial charge < -0.3 is 4.74 Å². The number of ether oxygens (including phenoxy) is 1. The van der Waals surface area contributed by atoms with Crippen molar-refractivity contribution in [2.24, 2.45) is 0 Å². The fourth-order valence-corrected chi connectivity index (χ4v) is 2.00. The van der Waals surface area contributed by atoms with Crippen molar-refractivity contribution >= 4 is 11.6 Å². The van der Waals surface area contributed by atoms with Gasteiger partial charge in [-0.1, -0.05) is 12.1 Å². The van der Waals surface area contributed by atoms with Gasteiger partial charge in [-0.15, -0.1) is 11.6 Å². The molecule has 0 aliphatic carbocycles. The quantitative estimate of drug-likeness (QED) is 0.773. The van der Waals surface area contributed by atoms with E-state index in [1.807, 2.05) is 35.9 Å². The monoisotopic (exact) mass is 264 g/mol. The third-order valence-corrected chi connectivity index (χ3v) is 3.06. The summed E-state index contributed by atoms with van der Waals surface area (Å²) in [5.74, 6) is 1.38. The van der Waals surface area contributed by atoms with Crippen molar-refractivity contribution in [3.8, 4) is 5.75 Å². The number of aryl methyl sites for hydroxylation is 2. The van der Waals surface area contributed by atoms with Crippen molar-refractivity contribution < 1.29 is 4.74 Å². The predicted molar refractivity (Wildman–Crippen MR) is 73.0 cm³/mol. The van der Waals surface area contributed by atoms with Crippen molar-refractivity contribution in [1.29, 1.82) is 0 Å². The zero-order valence-electron chi connectivity index (χ0n) is 10.7. The van der Waals surface area contributed by atoms with Gasteiger partial charge in [0, 0.05) is 12.4 Å². The van der Waals surface area contributed by atoms with E-state index in [0.717, 1.165) is 29.2 Å². The van der Waals surface area contributed by atoms with Crippen molar-refractivity contribution in [3.63, 3.8) is 0 Å². The number of alkyl halides is 1. The number of hydrogen-bond donors (Lipinski definition) is 0. The van der Waals surface area contributed by atoms with Crippen LogP contribution in [-0.4, -0.2) is 9.78 Å². The van der Waals surface area contributed by atoms with E-state index in [9.17, 15) is 0 Å². The number of aromatic nitrogens is 2. The van der Waals surface area contributed by atoms with Crippen LogP contribution in [0.2, 0.25) is 0 Å². The number of rotatable bonds is 5. The highest BCUT2D eigenvalue weighted by molar-refractivity contribution is 6.17. The van der Waals surface area contributed by atoms with Crippen LogP contribution >= 0.6 is 11.6 Å². The summed E-state index contributed by atoms with van der Waals surface area (Å²) in [6.45, 7) is 5.46. The zero-order chi connectivity index (χ0) is 13.0. The summed E-state index contributed by atoms with van der Waals surface area (Å²) in [6, 6.07) is 9.89. The maximum atomic E-state index is 5.74. The molecule has 1 heterocycles. The molecule has 0 bridgehead atoms. The lowest BCUT2D eigenvalue weighted by Gasteiger charge is -2.08. The molecule has 0 atom stereocenters. The van der Waals surface area contributed by atoms with Gasteiger partial charge in [0.05, 0.1) is 11.4 Å². The summed E-state index contributed by atoms with van der Waals surface area (Å²) >= 11 is 5.74. The summed E-state index contributed by atoms with van der Waals surface area (Å²) in [7, 11) is 0. The fourth-order valence-electron chi connectivity index (χ4n) is 1.82. The molecule has 3 nitrogen and oxygen atoms in total. The molecule has 0 aliphatic heterocycles. The standard InChI is InChI=1S/C14H17ClN2O/c1-3-17-13(8-11(2)16-17)10-18-14-6-4-12(9-15)5-7-14/h4-8H,3,9-10H2,1-2H3. The molecule has 2 aromatic rings. The van der Waals surface area contributed by atoms with Crippen LogP contribution < -0.4 is 4.74 Å². The first-order valence-corrected chi connectivity index (χ1v) is 6.57. The van der Waals surface area contributed by atoms with E-state index in [4.69, 9.17) is 16.3 Å². The molecule has 0 spiro atoms. The molecule has 96 valence electrons. The Balaban J connectivity index is 2.01. The second kappa shape index (κ2) is 5.91. The Kier molecular flexibility index (Phi) is 4.26. The second-order valence-corrected chi connectivity index (χ2v) is 4.43. The van der Waals surface area contributed by atoms with Gasteiger partial charge in [-0.2, -0.15) is 5.10 Å². The van der Waals surface area contributed by atoms with Crippen LogP contribution in [0.4, 0.5) is 0 Å². The first-order valence-electron chi connectivity index (χ1n) is 6.04. The van der Waals surface area contributed by atoms with Crippen LogP contribution in [-0.2, 0) is 19.0 Å². The van der Waals surface area contributed by atoms with Crippen LogP contribution in [0, 0.1) is 6.92 Å². The smallest absolute Gasteiger partial charge is 0.130 e. The average molecular weight is 265 g/mol. The normalized spacial score (nSPS) is 10.6. The van der Waals surface area contributed by atoms with Gasteiger partial charge in [-0.25, -0.2) is 0 Å². The van der Waals surface area contributed by atoms with Crippen molar-refractivity contribution in [1.82, 2.24) is 9.78 Å². The number of halogens is 1. The number of nitrogens with zero attached hydrogens (tertiary/aromatic N) is 2. The molecule has 1 aromatic heterocycles. The zero-order valence-corrected chi connectivity index (χ0v) is 11.4. The lowest BCUT2D eigenvalue weighted by molar-refractivity contribution is 0.292. The average Bonchev–Trinajstić information content (AvgIpc) is 2.77. The molecule has 0 radical (unpaired) electrons. The van der Waals surface area contributed by atoms with E-state index in [1.165, 1.54) is 0 Å². The molecule has 0 saturated heterocycles. The lowest BCUT2D eigenvalue weighted by atomic mass is 10.2. The third-order valence-electron chi connectivity index (χ3n) is 2.75. The Morgan fingerprint density at radius 1 is 1.28 bits per heavy atom. The minimum absolute atomic E-state index is 0.530. The highest BCUT2D eigenvalue weighted by Gasteiger charge is 2.04. The first kappa shape index (κ1) is 13.0. The van der Waals surface area contributed by atoms with Crippen molar-refractivity contribution in [2.75, 3.05) is 0 Å². The molecule has 0 amide bonds. The van der Waals surface area contributed by atoms with E-state index in [-0.39, 0.29) is 0 Å². The van der Waals surface area contributed by atoms with Crippen LogP contribution in [0.25, 0.3) is 0 Å². The number of hydrogen-bond acceptors (Lipinski definition) is 2. The third kappa shape index (κ3) is 3.05. The Hall–Kier alpha value is -1.48. The summed E-state index contributed by atoms with van der Waals surface area (Å²) in [4.78, 5) is 0. The van der Waals surface area contributed by atoms with E-state index >= 15 is 0 Å². The van der Waals surface area contributed by atoms with E-state index < -0.39 is 0 Å².